The third-order valence-electron chi connectivity index (χ3n) is 2.32. The van der Waals surface area contributed by atoms with Crippen molar-refractivity contribution in [3.63, 3.8) is 0 Å². The van der Waals surface area contributed by atoms with Gasteiger partial charge in [0, 0.05) is 18.7 Å². The number of ether oxygens (including phenoxy) is 1. The second kappa shape index (κ2) is 7.25. The van der Waals surface area contributed by atoms with Crippen LogP contribution in [0, 0.1) is 0 Å². The molecule has 0 aromatic rings. The van der Waals surface area contributed by atoms with Crippen molar-refractivity contribution in [1.82, 2.24) is 10.6 Å². The van der Waals surface area contributed by atoms with Crippen molar-refractivity contribution in [2.45, 2.75) is 31.8 Å². The number of nitrogens with one attached hydrogen (secondary N) is 2. The number of esters is 1. The summed E-state index contributed by atoms with van der Waals surface area (Å²) in [4.78, 5) is 33.7. The molecule has 1 fully saturated rings. The topological polar surface area (TPSA) is 84.5 Å². The van der Waals surface area contributed by atoms with Crippen molar-refractivity contribution in [3.05, 3.63) is 0 Å². The summed E-state index contributed by atoms with van der Waals surface area (Å²) in [6, 6.07) is -0.365. The monoisotopic (exact) mass is 274 g/mol. The molecule has 2 amide bonds. The first-order chi connectivity index (χ1) is 8.52. The molecule has 0 aromatic heterocycles. The number of carbonyl (C=O) groups is 3. The molecule has 1 atom stereocenters. The minimum absolute atomic E-state index is 0.0334. The second-order valence-corrected chi connectivity index (χ2v) is 5.16. The molecule has 0 heterocycles. The minimum atomic E-state index is -0.703. The smallest absolute Gasteiger partial charge is 0.329 e. The summed E-state index contributed by atoms with van der Waals surface area (Å²) in [7, 11) is 1.27. The van der Waals surface area contributed by atoms with Crippen LogP contribution in [0.1, 0.15) is 19.8 Å². The highest BCUT2D eigenvalue weighted by Gasteiger charge is 2.24. The van der Waals surface area contributed by atoms with E-state index in [0.717, 1.165) is 12.8 Å². The molecule has 1 aliphatic rings. The summed E-state index contributed by atoms with van der Waals surface area (Å²) >= 11 is 1.30. The number of methoxy groups -OCH3 is 1. The van der Waals surface area contributed by atoms with E-state index in [2.05, 4.69) is 15.4 Å². The van der Waals surface area contributed by atoms with Crippen LogP contribution in [0.25, 0.3) is 0 Å². The first kappa shape index (κ1) is 14.8. The van der Waals surface area contributed by atoms with E-state index in [1.165, 1.54) is 25.8 Å². The summed E-state index contributed by atoms with van der Waals surface area (Å²) in [5, 5.41) is 5.34. The molecule has 102 valence electrons. The average Bonchev–Trinajstić information content (AvgIpc) is 3.10. The minimum Gasteiger partial charge on any atom is -0.467 e. The van der Waals surface area contributed by atoms with Crippen LogP contribution in [0.5, 0.6) is 0 Å². The van der Waals surface area contributed by atoms with E-state index in [-0.39, 0.29) is 17.6 Å². The SMILES string of the molecule is COC(=O)C(CSCC(=O)NC1CC1)NC(C)=O. The van der Waals surface area contributed by atoms with Gasteiger partial charge >= 0.3 is 5.97 Å². The molecule has 1 aliphatic carbocycles. The van der Waals surface area contributed by atoms with Crippen LogP contribution in [-0.4, -0.2) is 48.5 Å². The average molecular weight is 274 g/mol. The van der Waals surface area contributed by atoms with Crippen molar-refractivity contribution >= 4 is 29.5 Å². The van der Waals surface area contributed by atoms with Gasteiger partial charge in [-0.2, -0.15) is 0 Å². The number of hydrogen-bond acceptors (Lipinski definition) is 5. The van der Waals surface area contributed by atoms with Gasteiger partial charge in [-0.25, -0.2) is 4.79 Å². The van der Waals surface area contributed by atoms with E-state index in [9.17, 15) is 14.4 Å². The number of hydrogen-bond donors (Lipinski definition) is 2. The van der Waals surface area contributed by atoms with Crippen LogP contribution in [0.15, 0.2) is 0 Å². The van der Waals surface area contributed by atoms with E-state index in [4.69, 9.17) is 0 Å². The normalized spacial score (nSPS) is 15.7. The Labute approximate surface area is 110 Å². The van der Waals surface area contributed by atoms with Gasteiger partial charge in [-0.1, -0.05) is 0 Å². The Bertz CT molecular complexity index is 331. The van der Waals surface area contributed by atoms with Crippen LogP contribution in [0.2, 0.25) is 0 Å². The Kier molecular flexibility index (Phi) is 5.97. The fourth-order valence-corrected chi connectivity index (χ4v) is 2.16. The molecule has 0 bridgehead atoms. The zero-order chi connectivity index (χ0) is 13.5. The highest BCUT2D eigenvalue weighted by Crippen LogP contribution is 2.18. The van der Waals surface area contributed by atoms with Crippen molar-refractivity contribution in [3.8, 4) is 0 Å². The van der Waals surface area contributed by atoms with Gasteiger partial charge in [0.1, 0.15) is 6.04 Å². The fourth-order valence-electron chi connectivity index (χ4n) is 1.32. The van der Waals surface area contributed by atoms with Gasteiger partial charge in [0.05, 0.1) is 12.9 Å². The zero-order valence-electron chi connectivity index (χ0n) is 10.5. The Morgan fingerprint density at radius 1 is 1.39 bits per heavy atom. The van der Waals surface area contributed by atoms with Gasteiger partial charge in [0.25, 0.3) is 0 Å². The summed E-state index contributed by atoms with van der Waals surface area (Å²) in [5.41, 5.74) is 0. The van der Waals surface area contributed by atoms with Gasteiger partial charge < -0.3 is 15.4 Å². The summed E-state index contributed by atoms with van der Waals surface area (Å²) < 4.78 is 4.58. The Morgan fingerprint density at radius 2 is 2.06 bits per heavy atom. The number of carbonyl (C=O) groups excluding carboxylic acids is 3. The maximum atomic E-state index is 11.4. The molecular weight excluding hydrogens is 256 g/mol. The Morgan fingerprint density at radius 3 is 2.56 bits per heavy atom. The predicted octanol–water partition coefficient (Wildman–Crippen LogP) is -0.324. The van der Waals surface area contributed by atoms with Crippen LogP contribution in [0.4, 0.5) is 0 Å². The Balaban J connectivity index is 2.24. The first-order valence-corrected chi connectivity index (χ1v) is 6.90. The second-order valence-electron chi connectivity index (χ2n) is 4.13. The molecule has 1 unspecified atom stereocenters. The summed E-state index contributed by atoms with van der Waals surface area (Å²) in [6.45, 7) is 1.33. The fraction of sp³-hybridized carbons (Fsp3) is 0.727. The van der Waals surface area contributed by atoms with Crippen molar-refractivity contribution in [1.29, 1.82) is 0 Å². The van der Waals surface area contributed by atoms with Crippen molar-refractivity contribution < 1.29 is 19.1 Å². The molecule has 0 saturated heterocycles. The lowest BCUT2D eigenvalue weighted by atomic mass is 10.3. The standard InChI is InChI=1S/C11H18N2O4S/c1-7(14)12-9(11(16)17-2)5-18-6-10(15)13-8-3-4-8/h8-9H,3-6H2,1-2H3,(H,12,14)(H,13,15). The molecule has 0 aliphatic heterocycles. The van der Waals surface area contributed by atoms with Crippen molar-refractivity contribution in [2.24, 2.45) is 0 Å². The van der Waals surface area contributed by atoms with E-state index in [1.54, 1.807) is 0 Å². The molecule has 18 heavy (non-hydrogen) atoms. The maximum Gasteiger partial charge on any atom is 0.329 e. The molecule has 7 heteroatoms. The maximum absolute atomic E-state index is 11.4. The van der Waals surface area contributed by atoms with E-state index in [1.807, 2.05) is 0 Å². The third kappa shape index (κ3) is 5.90. The molecular formula is C11H18N2O4S. The third-order valence-corrected chi connectivity index (χ3v) is 3.36. The Hall–Kier alpha value is -1.24. The largest absolute Gasteiger partial charge is 0.467 e. The van der Waals surface area contributed by atoms with E-state index in [0.29, 0.717) is 11.8 Å². The molecule has 6 nitrogen and oxygen atoms in total. The van der Waals surface area contributed by atoms with Crippen LogP contribution < -0.4 is 10.6 Å². The predicted molar refractivity (Wildman–Crippen MR) is 68.1 cm³/mol. The van der Waals surface area contributed by atoms with Gasteiger partial charge in [-0.05, 0) is 12.8 Å². The highest BCUT2D eigenvalue weighted by atomic mass is 32.2. The highest BCUT2D eigenvalue weighted by molar-refractivity contribution is 8.00. The van der Waals surface area contributed by atoms with Crippen LogP contribution in [-0.2, 0) is 19.1 Å². The molecule has 0 spiro atoms. The zero-order valence-corrected chi connectivity index (χ0v) is 11.3. The van der Waals surface area contributed by atoms with E-state index >= 15 is 0 Å². The van der Waals surface area contributed by atoms with Gasteiger partial charge in [0.2, 0.25) is 11.8 Å². The number of rotatable bonds is 7. The summed E-state index contributed by atoms with van der Waals surface area (Å²) in [5.74, 6) is -0.226. The molecule has 1 saturated carbocycles. The van der Waals surface area contributed by atoms with Crippen LogP contribution >= 0.6 is 11.8 Å². The van der Waals surface area contributed by atoms with Crippen molar-refractivity contribution in [2.75, 3.05) is 18.6 Å². The van der Waals surface area contributed by atoms with E-state index < -0.39 is 12.0 Å². The van der Waals surface area contributed by atoms with Gasteiger partial charge in [0.15, 0.2) is 0 Å². The first-order valence-electron chi connectivity index (χ1n) is 5.75. The lowest BCUT2D eigenvalue weighted by Crippen LogP contribution is -2.42. The lowest BCUT2D eigenvalue weighted by Gasteiger charge is -2.14. The molecule has 0 aromatic carbocycles. The lowest BCUT2D eigenvalue weighted by molar-refractivity contribution is -0.144. The van der Waals surface area contributed by atoms with Crippen LogP contribution in [0.3, 0.4) is 0 Å². The molecule has 2 N–H and O–H groups in total. The number of amides is 2. The summed E-state index contributed by atoms with van der Waals surface area (Å²) in [6.07, 6.45) is 2.10. The van der Waals surface area contributed by atoms with Gasteiger partial charge in [-0.15, -0.1) is 11.8 Å². The number of thioether (sulfide) groups is 1. The molecule has 1 rings (SSSR count). The quantitative estimate of drug-likeness (QED) is 0.621. The van der Waals surface area contributed by atoms with Gasteiger partial charge in [-0.3, -0.25) is 9.59 Å². The molecule has 0 radical (unpaired) electrons.